The Labute approximate surface area is 182 Å². The molecule has 0 radical (unpaired) electrons. The van der Waals surface area contributed by atoms with Crippen molar-refractivity contribution in [3.05, 3.63) is 50.4 Å². The van der Waals surface area contributed by atoms with Crippen molar-refractivity contribution in [1.29, 1.82) is 0 Å². The minimum Gasteiger partial charge on any atom is -0.495 e. The molecule has 0 saturated carbocycles. The highest BCUT2D eigenvalue weighted by Gasteiger charge is 2.26. The van der Waals surface area contributed by atoms with Crippen LogP contribution in [0.1, 0.15) is 40.0 Å². The van der Waals surface area contributed by atoms with Crippen molar-refractivity contribution in [2.45, 2.75) is 46.3 Å². The summed E-state index contributed by atoms with van der Waals surface area (Å²) >= 11 is 1.13. The van der Waals surface area contributed by atoms with Gasteiger partial charge in [0.25, 0.3) is 11.5 Å². The topological polar surface area (TPSA) is 99.5 Å². The van der Waals surface area contributed by atoms with Crippen molar-refractivity contribution in [2.75, 3.05) is 12.4 Å². The van der Waals surface area contributed by atoms with Crippen LogP contribution in [-0.2, 0) is 22.5 Å². The summed E-state index contributed by atoms with van der Waals surface area (Å²) in [5.41, 5.74) is 1.87. The van der Waals surface area contributed by atoms with Crippen LogP contribution in [0.15, 0.2) is 23.0 Å². The third-order valence-corrected chi connectivity index (χ3v) is 6.53. The van der Waals surface area contributed by atoms with E-state index in [4.69, 9.17) is 9.47 Å². The van der Waals surface area contributed by atoms with E-state index < -0.39 is 18.0 Å². The average molecular weight is 442 g/mol. The Hall–Kier alpha value is -3.20. The van der Waals surface area contributed by atoms with Crippen LogP contribution in [0.3, 0.4) is 0 Å². The highest BCUT2D eigenvalue weighted by molar-refractivity contribution is 7.20. The molecule has 1 amide bonds. The zero-order chi connectivity index (χ0) is 22.3. The summed E-state index contributed by atoms with van der Waals surface area (Å²) in [5.74, 6) is 0.132. The molecule has 2 aromatic heterocycles. The number of ether oxygens (including phenoxy) is 2. The zero-order valence-electron chi connectivity index (χ0n) is 17.8. The number of nitrogens with one attached hydrogen (secondary N) is 1. The number of carbonyl (C=O) groups is 2. The van der Waals surface area contributed by atoms with Crippen LogP contribution in [0.25, 0.3) is 10.2 Å². The van der Waals surface area contributed by atoms with Gasteiger partial charge in [-0.3, -0.25) is 14.2 Å². The van der Waals surface area contributed by atoms with Gasteiger partial charge >= 0.3 is 5.97 Å². The minimum atomic E-state index is -1.04. The van der Waals surface area contributed by atoms with Crippen LogP contribution in [0.2, 0.25) is 0 Å². The monoisotopic (exact) mass is 441 g/mol. The van der Waals surface area contributed by atoms with Crippen molar-refractivity contribution < 1.29 is 19.1 Å². The van der Waals surface area contributed by atoms with E-state index in [2.05, 4.69) is 10.3 Å². The number of rotatable bonds is 5. The molecule has 0 spiro atoms. The molecule has 1 N–H and O–H groups in total. The Morgan fingerprint density at radius 1 is 1.29 bits per heavy atom. The molecule has 1 aromatic carbocycles. The van der Waals surface area contributed by atoms with Crippen molar-refractivity contribution in [3.63, 3.8) is 0 Å². The fraction of sp³-hybridized carbons (Fsp3) is 0.364. The second kappa shape index (κ2) is 8.14. The van der Waals surface area contributed by atoms with Gasteiger partial charge < -0.3 is 14.8 Å². The van der Waals surface area contributed by atoms with Gasteiger partial charge in [-0.15, -0.1) is 11.3 Å². The predicted molar refractivity (Wildman–Crippen MR) is 118 cm³/mol. The first-order valence-electron chi connectivity index (χ1n) is 9.99. The minimum absolute atomic E-state index is 0.123. The molecule has 0 aliphatic carbocycles. The van der Waals surface area contributed by atoms with Crippen molar-refractivity contribution in [3.8, 4) is 5.75 Å². The maximum absolute atomic E-state index is 12.8. The van der Waals surface area contributed by atoms with Gasteiger partial charge in [-0.2, -0.15) is 0 Å². The standard InChI is InChI=1S/C22H23N3O5S/c1-11-7-8-15(29-4)14(10-11)23-19(26)13(3)30-22(28)18-12(2)17-20(31-18)24-16-6-5-9-25(16)21(17)27/h7-8,10,13H,5-6,9H2,1-4H3,(H,23,26). The van der Waals surface area contributed by atoms with Gasteiger partial charge in [-0.1, -0.05) is 6.07 Å². The largest absolute Gasteiger partial charge is 0.495 e. The van der Waals surface area contributed by atoms with E-state index in [0.717, 1.165) is 35.6 Å². The number of benzene rings is 1. The summed E-state index contributed by atoms with van der Waals surface area (Å²) in [4.78, 5) is 43.6. The average Bonchev–Trinajstić information content (AvgIpc) is 3.33. The van der Waals surface area contributed by atoms with E-state index in [0.29, 0.717) is 33.8 Å². The summed E-state index contributed by atoms with van der Waals surface area (Å²) in [7, 11) is 1.51. The van der Waals surface area contributed by atoms with Crippen molar-refractivity contribution in [2.24, 2.45) is 0 Å². The number of hydrogen-bond acceptors (Lipinski definition) is 7. The Balaban J connectivity index is 1.54. The molecule has 162 valence electrons. The van der Waals surface area contributed by atoms with Crippen LogP contribution >= 0.6 is 11.3 Å². The first-order valence-corrected chi connectivity index (χ1v) is 10.8. The SMILES string of the molecule is COc1ccc(C)cc1NC(=O)C(C)OC(=O)c1sc2nc3n(c(=O)c2c1C)CCC3. The fourth-order valence-corrected chi connectivity index (χ4v) is 4.76. The Kier molecular flexibility index (Phi) is 5.53. The van der Waals surface area contributed by atoms with E-state index >= 15 is 0 Å². The molecule has 1 aliphatic rings. The lowest BCUT2D eigenvalue weighted by atomic mass is 10.2. The summed E-state index contributed by atoms with van der Waals surface area (Å²) in [6.07, 6.45) is 0.606. The lowest BCUT2D eigenvalue weighted by Gasteiger charge is -2.15. The normalized spacial score (nSPS) is 13.7. The molecule has 0 fully saturated rings. The highest BCUT2D eigenvalue weighted by atomic mass is 32.1. The number of amides is 1. The number of hydrogen-bond donors (Lipinski definition) is 1. The predicted octanol–water partition coefficient (Wildman–Crippen LogP) is 3.21. The maximum atomic E-state index is 12.8. The summed E-state index contributed by atoms with van der Waals surface area (Å²) in [6.45, 7) is 5.75. The van der Waals surface area contributed by atoms with Crippen LogP contribution in [-0.4, -0.2) is 34.6 Å². The molecular weight excluding hydrogens is 418 g/mol. The number of anilines is 1. The second-order valence-electron chi connectivity index (χ2n) is 7.57. The van der Waals surface area contributed by atoms with Gasteiger partial charge in [0.2, 0.25) is 0 Å². The molecule has 9 heteroatoms. The number of esters is 1. The van der Waals surface area contributed by atoms with E-state index in [9.17, 15) is 14.4 Å². The van der Waals surface area contributed by atoms with E-state index in [1.165, 1.54) is 14.0 Å². The molecule has 1 aliphatic heterocycles. The molecule has 8 nitrogen and oxygen atoms in total. The molecule has 1 atom stereocenters. The van der Waals surface area contributed by atoms with Crippen LogP contribution < -0.4 is 15.6 Å². The van der Waals surface area contributed by atoms with Crippen molar-refractivity contribution in [1.82, 2.24) is 9.55 Å². The van der Waals surface area contributed by atoms with Gasteiger partial charge in [-0.05, 0) is 50.5 Å². The van der Waals surface area contributed by atoms with Gasteiger partial charge in [-0.25, -0.2) is 9.78 Å². The third kappa shape index (κ3) is 3.81. The molecular formula is C22H23N3O5S. The number of aryl methyl sites for hydroxylation is 3. The fourth-order valence-electron chi connectivity index (χ4n) is 3.69. The maximum Gasteiger partial charge on any atom is 0.349 e. The summed E-state index contributed by atoms with van der Waals surface area (Å²) in [6, 6.07) is 5.40. The van der Waals surface area contributed by atoms with Crippen LogP contribution in [0, 0.1) is 13.8 Å². The number of methoxy groups -OCH3 is 1. The number of aromatic nitrogens is 2. The van der Waals surface area contributed by atoms with E-state index in [-0.39, 0.29) is 10.4 Å². The Morgan fingerprint density at radius 2 is 2.06 bits per heavy atom. The number of fused-ring (bicyclic) bond motifs is 2. The molecule has 0 saturated heterocycles. The van der Waals surface area contributed by atoms with Gasteiger partial charge in [0.05, 0.1) is 18.2 Å². The second-order valence-corrected chi connectivity index (χ2v) is 8.56. The molecule has 4 rings (SSSR count). The molecule has 3 heterocycles. The lowest BCUT2D eigenvalue weighted by Crippen LogP contribution is -2.30. The van der Waals surface area contributed by atoms with E-state index in [1.807, 2.05) is 13.0 Å². The Morgan fingerprint density at radius 3 is 2.81 bits per heavy atom. The number of thiophene rings is 1. The van der Waals surface area contributed by atoms with Gasteiger partial charge in [0.15, 0.2) is 6.10 Å². The first-order chi connectivity index (χ1) is 14.8. The van der Waals surface area contributed by atoms with Gasteiger partial charge in [0, 0.05) is 13.0 Å². The van der Waals surface area contributed by atoms with Crippen molar-refractivity contribution >= 4 is 39.1 Å². The smallest absolute Gasteiger partial charge is 0.349 e. The third-order valence-electron chi connectivity index (χ3n) is 5.36. The molecule has 3 aromatic rings. The Bertz CT molecular complexity index is 1260. The van der Waals surface area contributed by atoms with Crippen LogP contribution in [0.4, 0.5) is 5.69 Å². The van der Waals surface area contributed by atoms with E-state index in [1.54, 1.807) is 23.6 Å². The molecule has 31 heavy (non-hydrogen) atoms. The number of carbonyl (C=O) groups excluding carboxylic acids is 2. The zero-order valence-corrected chi connectivity index (χ0v) is 18.6. The molecule has 0 bridgehead atoms. The first kappa shape index (κ1) is 21.0. The van der Waals surface area contributed by atoms with Crippen LogP contribution in [0.5, 0.6) is 5.75 Å². The summed E-state index contributed by atoms with van der Waals surface area (Å²) in [5, 5.41) is 3.18. The molecule has 1 unspecified atom stereocenters. The highest BCUT2D eigenvalue weighted by Crippen LogP contribution is 2.30. The number of nitrogens with zero attached hydrogens (tertiary/aromatic N) is 2. The lowest BCUT2D eigenvalue weighted by molar-refractivity contribution is -0.123. The van der Waals surface area contributed by atoms with Gasteiger partial charge in [0.1, 0.15) is 21.3 Å². The quantitative estimate of drug-likeness (QED) is 0.611. The summed E-state index contributed by atoms with van der Waals surface area (Å²) < 4.78 is 12.3.